The van der Waals surface area contributed by atoms with Gasteiger partial charge in [0.2, 0.25) is 0 Å². The SMILES string of the molecule is O=C(N=c1ccccn1Cc1ccccc1)C1CC(c2ccc(Br)cc2)NN1. The first-order valence-electron chi connectivity index (χ1n) is 9.23. The van der Waals surface area contributed by atoms with E-state index in [1.807, 2.05) is 59.3 Å². The Morgan fingerprint density at radius 2 is 1.75 bits per heavy atom. The monoisotopic (exact) mass is 436 g/mol. The molecule has 0 spiro atoms. The summed E-state index contributed by atoms with van der Waals surface area (Å²) in [6.45, 7) is 0.672. The number of nitrogens with zero attached hydrogens (tertiary/aromatic N) is 2. The minimum Gasteiger partial charge on any atom is -0.328 e. The molecule has 0 radical (unpaired) electrons. The number of amides is 1. The Balaban J connectivity index is 1.50. The van der Waals surface area contributed by atoms with Crippen LogP contribution in [-0.4, -0.2) is 16.5 Å². The highest BCUT2D eigenvalue weighted by atomic mass is 79.9. The van der Waals surface area contributed by atoms with Gasteiger partial charge in [0.25, 0.3) is 5.91 Å². The predicted octanol–water partition coefficient (Wildman–Crippen LogP) is 3.33. The molecule has 4 rings (SSSR count). The van der Waals surface area contributed by atoms with Crippen LogP contribution in [-0.2, 0) is 11.3 Å². The summed E-state index contributed by atoms with van der Waals surface area (Å²) in [5.41, 5.74) is 9.27. The van der Waals surface area contributed by atoms with Gasteiger partial charge in [-0.1, -0.05) is 64.5 Å². The summed E-state index contributed by atoms with van der Waals surface area (Å²) in [6.07, 6.45) is 2.61. The van der Waals surface area contributed by atoms with Gasteiger partial charge in [-0.15, -0.1) is 0 Å². The van der Waals surface area contributed by atoms with E-state index in [9.17, 15) is 4.79 Å². The molecule has 2 atom stereocenters. The van der Waals surface area contributed by atoms with E-state index in [0.717, 1.165) is 10.0 Å². The van der Waals surface area contributed by atoms with Gasteiger partial charge < -0.3 is 4.57 Å². The zero-order valence-electron chi connectivity index (χ0n) is 15.3. The summed E-state index contributed by atoms with van der Waals surface area (Å²) in [7, 11) is 0. The maximum Gasteiger partial charge on any atom is 0.266 e. The van der Waals surface area contributed by atoms with Crippen molar-refractivity contribution in [3.63, 3.8) is 0 Å². The molecular formula is C22H21BrN4O. The Labute approximate surface area is 172 Å². The third kappa shape index (κ3) is 4.47. The molecule has 0 bridgehead atoms. The summed E-state index contributed by atoms with van der Waals surface area (Å²) >= 11 is 3.45. The topological polar surface area (TPSA) is 58.4 Å². The molecule has 0 aliphatic carbocycles. The number of hydrogen-bond acceptors (Lipinski definition) is 3. The highest BCUT2D eigenvalue weighted by Crippen LogP contribution is 2.24. The van der Waals surface area contributed by atoms with Crippen LogP contribution >= 0.6 is 15.9 Å². The first-order valence-corrected chi connectivity index (χ1v) is 10.0. The van der Waals surface area contributed by atoms with Gasteiger partial charge in [-0.2, -0.15) is 4.99 Å². The van der Waals surface area contributed by atoms with Gasteiger partial charge >= 0.3 is 0 Å². The molecule has 3 aromatic rings. The van der Waals surface area contributed by atoms with Crippen LogP contribution in [0.2, 0.25) is 0 Å². The predicted molar refractivity (Wildman–Crippen MR) is 112 cm³/mol. The second kappa shape index (κ2) is 8.65. The molecule has 142 valence electrons. The molecule has 1 fully saturated rings. The number of hydrogen-bond donors (Lipinski definition) is 2. The molecule has 2 aromatic carbocycles. The standard InChI is InChI=1S/C22H21BrN4O/c23-18-11-9-17(10-12-18)19-14-20(26-25-19)22(28)24-21-8-4-5-13-27(21)15-16-6-2-1-3-7-16/h1-13,19-20,25-26H,14-15H2. The van der Waals surface area contributed by atoms with Gasteiger partial charge in [0.1, 0.15) is 11.5 Å². The molecule has 1 aliphatic heterocycles. The van der Waals surface area contributed by atoms with Crippen molar-refractivity contribution in [2.45, 2.75) is 25.0 Å². The average molecular weight is 437 g/mol. The summed E-state index contributed by atoms with van der Waals surface area (Å²) in [5, 5.41) is 0. The van der Waals surface area contributed by atoms with E-state index in [1.165, 1.54) is 5.56 Å². The molecule has 1 aliphatic rings. The molecule has 6 heteroatoms. The zero-order valence-corrected chi connectivity index (χ0v) is 16.8. The van der Waals surface area contributed by atoms with Gasteiger partial charge in [-0.25, -0.2) is 10.9 Å². The van der Waals surface area contributed by atoms with Crippen LogP contribution in [0, 0.1) is 0 Å². The van der Waals surface area contributed by atoms with Crippen molar-refractivity contribution >= 4 is 21.8 Å². The quantitative estimate of drug-likeness (QED) is 0.659. The fourth-order valence-electron chi connectivity index (χ4n) is 3.31. The number of carbonyl (C=O) groups is 1. The lowest BCUT2D eigenvalue weighted by atomic mass is 10.0. The first kappa shape index (κ1) is 18.8. The van der Waals surface area contributed by atoms with Gasteiger partial charge in [-0.3, -0.25) is 4.79 Å². The summed E-state index contributed by atoms with van der Waals surface area (Å²) in [6, 6.07) is 23.7. The fraction of sp³-hybridized carbons (Fsp3) is 0.182. The number of aromatic nitrogens is 1. The van der Waals surface area contributed by atoms with Crippen molar-refractivity contribution in [2.24, 2.45) is 4.99 Å². The van der Waals surface area contributed by atoms with E-state index < -0.39 is 0 Å². The summed E-state index contributed by atoms with van der Waals surface area (Å²) in [5.74, 6) is -0.167. The van der Waals surface area contributed by atoms with Gasteiger partial charge in [-0.05, 0) is 41.8 Å². The Morgan fingerprint density at radius 3 is 2.54 bits per heavy atom. The number of hydrazine groups is 1. The highest BCUT2D eigenvalue weighted by Gasteiger charge is 2.29. The van der Waals surface area contributed by atoms with Crippen LogP contribution in [0.25, 0.3) is 0 Å². The zero-order chi connectivity index (χ0) is 19.3. The lowest BCUT2D eigenvalue weighted by molar-refractivity contribution is -0.119. The molecule has 2 unspecified atom stereocenters. The molecule has 2 heterocycles. The highest BCUT2D eigenvalue weighted by molar-refractivity contribution is 9.10. The molecule has 1 saturated heterocycles. The Kier molecular flexibility index (Phi) is 5.81. The molecular weight excluding hydrogens is 416 g/mol. The fourth-order valence-corrected chi connectivity index (χ4v) is 3.57. The Bertz CT molecular complexity index is 1010. The van der Waals surface area contributed by atoms with Crippen LogP contribution in [0.3, 0.4) is 0 Å². The number of pyridine rings is 1. The number of halogens is 1. The first-order chi connectivity index (χ1) is 13.7. The molecule has 0 saturated carbocycles. The lowest BCUT2D eigenvalue weighted by Gasteiger charge is -2.09. The van der Waals surface area contributed by atoms with Crippen molar-refractivity contribution in [1.82, 2.24) is 15.4 Å². The lowest BCUT2D eigenvalue weighted by Crippen LogP contribution is -2.37. The van der Waals surface area contributed by atoms with Crippen LogP contribution in [0.1, 0.15) is 23.6 Å². The summed E-state index contributed by atoms with van der Waals surface area (Å²) < 4.78 is 3.03. The second-order valence-corrected chi connectivity index (χ2v) is 7.72. The van der Waals surface area contributed by atoms with Crippen LogP contribution in [0.15, 0.2) is 88.5 Å². The molecule has 2 N–H and O–H groups in total. The van der Waals surface area contributed by atoms with Crippen molar-refractivity contribution in [3.8, 4) is 0 Å². The van der Waals surface area contributed by atoms with Crippen molar-refractivity contribution < 1.29 is 4.79 Å². The third-order valence-corrected chi connectivity index (χ3v) is 5.34. The number of benzene rings is 2. The van der Waals surface area contributed by atoms with Crippen molar-refractivity contribution in [3.05, 3.63) is 100 Å². The minimum absolute atomic E-state index is 0.0875. The smallest absolute Gasteiger partial charge is 0.266 e. The minimum atomic E-state index is -0.348. The Morgan fingerprint density at radius 1 is 1.00 bits per heavy atom. The van der Waals surface area contributed by atoms with Crippen LogP contribution in [0.4, 0.5) is 0 Å². The molecule has 1 aromatic heterocycles. The molecule has 28 heavy (non-hydrogen) atoms. The largest absolute Gasteiger partial charge is 0.328 e. The maximum absolute atomic E-state index is 12.8. The van der Waals surface area contributed by atoms with Crippen LogP contribution < -0.4 is 16.3 Å². The normalized spacial score (nSPS) is 19.7. The molecule has 5 nitrogen and oxygen atoms in total. The van der Waals surface area contributed by atoms with E-state index in [0.29, 0.717) is 18.5 Å². The summed E-state index contributed by atoms with van der Waals surface area (Å²) in [4.78, 5) is 17.2. The second-order valence-electron chi connectivity index (χ2n) is 6.80. The van der Waals surface area contributed by atoms with Crippen LogP contribution in [0.5, 0.6) is 0 Å². The Hall–Kier alpha value is -2.54. The van der Waals surface area contributed by atoms with E-state index in [1.54, 1.807) is 0 Å². The average Bonchev–Trinajstić information content (AvgIpc) is 3.21. The third-order valence-electron chi connectivity index (χ3n) is 4.81. The maximum atomic E-state index is 12.8. The number of carbonyl (C=O) groups excluding carboxylic acids is 1. The van der Waals surface area contributed by atoms with Gasteiger partial charge in [0.05, 0.1) is 0 Å². The van der Waals surface area contributed by atoms with Gasteiger partial charge in [0.15, 0.2) is 0 Å². The van der Waals surface area contributed by atoms with Crippen molar-refractivity contribution in [2.75, 3.05) is 0 Å². The van der Waals surface area contributed by atoms with Gasteiger partial charge in [0, 0.05) is 23.3 Å². The van der Waals surface area contributed by atoms with E-state index in [4.69, 9.17) is 0 Å². The van der Waals surface area contributed by atoms with E-state index in [-0.39, 0.29) is 18.0 Å². The molecule has 1 amide bonds. The van der Waals surface area contributed by atoms with Crippen molar-refractivity contribution in [1.29, 1.82) is 0 Å². The van der Waals surface area contributed by atoms with E-state index in [2.05, 4.69) is 56.0 Å². The number of nitrogens with one attached hydrogen (secondary N) is 2. The van der Waals surface area contributed by atoms with E-state index >= 15 is 0 Å². The number of rotatable bonds is 4.